The maximum Gasteiger partial charge on any atom is 0.0653 e. The minimum absolute atomic E-state index is 0.340. The molecule has 0 aliphatic heterocycles. The van der Waals surface area contributed by atoms with E-state index in [9.17, 15) is 5.11 Å². The lowest BCUT2D eigenvalue weighted by atomic mass is 9.72. The summed E-state index contributed by atoms with van der Waals surface area (Å²) < 4.78 is 0. The molecule has 1 aliphatic carbocycles. The predicted molar refractivity (Wildman–Crippen MR) is 70.4 cm³/mol. The first-order valence-corrected chi connectivity index (χ1v) is 7.17. The van der Waals surface area contributed by atoms with E-state index in [2.05, 4.69) is 27.7 Å². The molecule has 1 heteroatoms. The van der Waals surface area contributed by atoms with Gasteiger partial charge < -0.3 is 5.11 Å². The van der Waals surface area contributed by atoms with Crippen molar-refractivity contribution in [1.82, 2.24) is 0 Å². The van der Waals surface area contributed by atoms with Gasteiger partial charge in [-0.3, -0.25) is 0 Å². The summed E-state index contributed by atoms with van der Waals surface area (Å²) in [7, 11) is 0. The molecule has 0 heterocycles. The highest BCUT2D eigenvalue weighted by Gasteiger charge is 2.35. The van der Waals surface area contributed by atoms with E-state index in [0.29, 0.717) is 5.92 Å². The fraction of sp³-hybridized carbons (Fsp3) is 1.00. The first kappa shape index (κ1) is 14.0. The van der Waals surface area contributed by atoms with Crippen molar-refractivity contribution in [3.05, 3.63) is 0 Å². The molecule has 1 saturated carbocycles. The Morgan fingerprint density at radius 3 is 2.56 bits per heavy atom. The lowest BCUT2D eigenvalue weighted by Crippen LogP contribution is -2.37. The van der Waals surface area contributed by atoms with Gasteiger partial charge in [0.25, 0.3) is 0 Å². The molecule has 16 heavy (non-hydrogen) atoms. The normalized spacial score (nSPS) is 33.0. The summed E-state index contributed by atoms with van der Waals surface area (Å²) in [5.41, 5.74) is -0.340. The topological polar surface area (TPSA) is 20.2 Å². The van der Waals surface area contributed by atoms with E-state index >= 15 is 0 Å². The molecule has 1 N–H and O–H groups in total. The summed E-state index contributed by atoms with van der Waals surface area (Å²) in [6, 6.07) is 0. The first-order valence-electron chi connectivity index (χ1n) is 7.17. The lowest BCUT2D eigenvalue weighted by molar-refractivity contribution is -0.0370. The van der Waals surface area contributed by atoms with Crippen LogP contribution in [0.3, 0.4) is 0 Å². The third kappa shape index (κ3) is 4.45. The quantitative estimate of drug-likeness (QED) is 0.737. The first-order chi connectivity index (χ1) is 7.45. The molecule has 0 aromatic rings. The zero-order valence-electron chi connectivity index (χ0n) is 11.6. The molecule has 1 fully saturated rings. The predicted octanol–water partition coefficient (Wildman–Crippen LogP) is 4.39. The van der Waals surface area contributed by atoms with Crippen LogP contribution >= 0.6 is 0 Å². The summed E-state index contributed by atoms with van der Waals surface area (Å²) >= 11 is 0. The second-order valence-electron chi connectivity index (χ2n) is 6.53. The molecule has 3 atom stereocenters. The van der Waals surface area contributed by atoms with Crippen molar-refractivity contribution in [2.75, 3.05) is 0 Å². The van der Waals surface area contributed by atoms with Gasteiger partial charge in [-0.2, -0.15) is 0 Å². The molecular weight excluding hydrogens is 196 g/mol. The molecule has 0 spiro atoms. The van der Waals surface area contributed by atoms with Crippen LogP contribution in [0.2, 0.25) is 0 Å². The number of hydrogen-bond acceptors (Lipinski definition) is 1. The SMILES string of the molecule is CCC(C)CC1(O)CCCC(CC(C)C)C1. The number of hydrogen-bond donors (Lipinski definition) is 1. The highest BCUT2D eigenvalue weighted by atomic mass is 16.3. The van der Waals surface area contributed by atoms with Gasteiger partial charge in [0.15, 0.2) is 0 Å². The zero-order valence-corrected chi connectivity index (χ0v) is 11.6. The van der Waals surface area contributed by atoms with Crippen LogP contribution in [0.4, 0.5) is 0 Å². The summed E-state index contributed by atoms with van der Waals surface area (Å²) in [5, 5.41) is 10.7. The van der Waals surface area contributed by atoms with Gasteiger partial charge in [-0.1, -0.05) is 47.0 Å². The van der Waals surface area contributed by atoms with Crippen molar-refractivity contribution in [2.45, 2.75) is 78.2 Å². The van der Waals surface area contributed by atoms with Gasteiger partial charge in [-0.15, -0.1) is 0 Å². The van der Waals surface area contributed by atoms with Crippen LogP contribution in [0.5, 0.6) is 0 Å². The molecular formula is C15H30O. The van der Waals surface area contributed by atoms with Gasteiger partial charge >= 0.3 is 0 Å². The van der Waals surface area contributed by atoms with Crippen LogP contribution in [-0.4, -0.2) is 10.7 Å². The molecule has 1 nitrogen and oxygen atoms in total. The van der Waals surface area contributed by atoms with E-state index < -0.39 is 0 Å². The van der Waals surface area contributed by atoms with E-state index in [1.54, 1.807) is 0 Å². The van der Waals surface area contributed by atoms with Crippen LogP contribution in [-0.2, 0) is 0 Å². The van der Waals surface area contributed by atoms with Crippen molar-refractivity contribution in [3.63, 3.8) is 0 Å². The zero-order chi connectivity index (χ0) is 12.2. The van der Waals surface area contributed by atoms with Crippen LogP contribution in [0.1, 0.15) is 72.6 Å². The van der Waals surface area contributed by atoms with Gasteiger partial charge in [0.2, 0.25) is 0 Å². The van der Waals surface area contributed by atoms with Crippen LogP contribution < -0.4 is 0 Å². The Kier molecular flexibility index (Phi) is 5.30. The average Bonchev–Trinajstić information content (AvgIpc) is 2.15. The van der Waals surface area contributed by atoms with E-state index in [-0.39, 0.29) is 5.60 Å². The van der Waals surface area contributed by atoms with Gasteiger partial charge in [0.05, 0.1) is 5.60 Å². The van der Waals surface area contributed by atoms with Gasteiger partial charge in [0, 0.05) is 0 Å². The standard InChI is InChI=1S/C15H30O/c1-5-13(4)10-15(16)8-6-7-14(11-15)9-12(2)3/h12-14,16H,5-11H2,1-4H3. The minimum Gasteiger partial charge on any atom is -0.390 e. The van der Waals surface area contributed by atoms with Crippen LogP contribution in [0.25, 0.3) is 0 Å². The third-order valence-corrected chi connectivity index (χ3v) is 4.15. The fourth-order valence-corrected chi connectivity index (χ4v) is 3.31. The van der Waals surface area contributed by atoms with Crippen molar-refractivity contribution < 1.29 is 5.11 Å². The largest absolute Gasteiger partial charge is 0.390 e. The monoisotopic (exact) mass is 226 g/mol. The number of aliphatic hydroxyl groups is 1. The van der Waals surface area contributed by atoms with Crippen LogP contribution in [0, 0.1) is 17.8 Å². The summed E-state index contributed by atoms with van der Waals surface area (Å²) in [4.78, 5) is 0. The Balaban J connectivity index is 2.47. The molecule has 3 unspecified atom stereocenters. The smallest absolute Gasteiger partial charge is 0.0653 e. The Hall–Kier alpha value is -0.0400. The van der Waals surface area contributed by atoms with Gasteiger partial charge in [-0.25, -0.2) is 0 Å². The molecule has 0 aromatic heterocycles. The minimum atomic E-state index is -0.340. The molecule has 1 rings (SSSR count). The van der Waals surface area contributed by atoms with Gasteiger partial charge in [-0.05, 0) is 43.4 Å². The summed E-state index contributed by atoms with van der Waals surface area (Å²) in [6.07, 6.45) is 8.14. The highest BCUT2D eigenvalue weighted by molar-refractivity contribution is 4.87. The molecule has 1 aliphatic rings. The molecule has 0 radical (unpaired) electrons. The lowest BCUT2D eigenvalue weighted by Gasteiger charge is -2.39. The summed E-state index contributed by atoms with van der Waals surface area (Å²) in [5.74, 6) is 2.21. The molecule has 0 aromatic carbocycles. The molecule has 96 valence electrons. The van der Waals surface area contributed by atoms with Crippen molar-refractivity contribution in [3.8, 4) is 0 Å². The maximum absolute atomic E-state index is 10.7. The Bertz CT molecular complexity index is 200. The Labute approximate surface area is 102 Å². The van der Waals surface area contributed by atoms with Crippen molar-refractivity contribution in [1.29, 1.82) is 0 Å². The third-order valence-electron chi connectivity index (χ3n) is 4.15. The van der Waals surface area contributed by atoms with Crippen molar-refractivity contribution in [2.24, 2.45) is 17.8 Å². The van der Waals surface area contributed by atoms with E-state index in [1.165, 1.54) is 25.7 Å². The van der Waals surface area contributed by atoms with E-state index in [1.807, 2.05) is 0 Å². The summed E-state index contributed by atoms with van der Waals surface area (Å²) in [6.45, 7) is 9.08. The average molecular weight is 226 g/mol. The maximum atomic E-state index is 10.7. The van der Waals surface area contributed by atoms with Crippen molar-refractivity contribution >= 4 is 0 Å². The second kappa shape index (κ2) is 6.05. The van der Waals surface area contributed by atoms with Crippen LogP contribution in [0.15, 0.2) is 0 Å². The molecule has 0 amide bonds. The van der Waals surface area contributed by atoms with E-state index in [0.717, 1.165) is 31.1 Å². The molecule has 0 bridgehead atoms. The molecule has 0 saturated heterocycles. The fourth-order valence-electron chi connectivity index (χ4n) is 3.31. The van der Waals surface area contributed by atoms with Gasteiger partial charge in [0.1, 0.15) is 0 Å². The Morgan fingerprint density at radius 2 is 2.00 bits per heavy atom. The van der Waals surface area contributed by atoms with E-state index in [4.69, 9.17) is 0 Å². The highest BCUT2D eigenvalue weighted by Crippen LogP contribution is 2.39. The Morgan fingerprint density at radius 1 is 1.31 bits per heavy atom. The second-order valence-corrected chi connectivity index (χ2v) is 6.53. The number of rotatable bonds is 5.